The number of unbranched alkanes of at least 4 members (excludes halogenated alkanes) is 2. The van der Waals surface area contributed by atoms with Gasteiger partial charge in [0, 0.05) is 11.3 Å². The summed E-state index contributed by atoms with van der Waals surface area (Å²) in [7, 11) is 0. The van der Waals surface area contributed by atoms with Crippen molar-refractivity contribution in [1.29, 1.82) is 0 Å². The maximum atomic E-state index is 5.48. The van der Waals surface area contributed by atoms with Crippen LogP contribution >= 0.6 is 11.8 Å². The summed E-state index contributed by atoms with van der Waals surface area (Å²) in [6.07, 6.45) is 5.00. The van der Waals surface area contributed by atoms with Crippen LogP contribution in [0.3, 0.4) is 0 Å². The highest BCUT2D eigenvalue weighted by Crippen LogP contribution is 2.35. The molecule has 21 heavy (non-hydrogen) atoms. The summed E-state index contributed by atoms with van der Waals surface area (Å²) in [5, 5.41) is 9.13. The lowest BCUT2D eigenvalue weighted by Gasteiger charge is -2.06. The lowest BCUT2D eigenvalue weighted by atomic mass is 10.1. The summed E-state index contributed by atoms with van der Waals surface area (Å²) >= 11 is 1.61. The molecule has 0 spiro atoms. The second-order valence-electron chi connectivity index (χ2n) is 4.67. The van der Waals surface area contributed by atoms with E-state index in [-0.39, 0.29) is 0 Å². The number of rotatable bonds is 5. The van der Waals surface area contributed by atoms with E-state index in [1.54, 1.807) is 11.8 Å². The first-order chi connectivity index (χ1) is 10.4. The van der Waals surface area contributed by atoms with Crippen LogP contribution in [0.2, 0.25) is 0 Å². The first kappa shape index (κ1) is 14.0. The number of hydrogen-bond donors (Lipinski definition) is 0. The summed E-state index contributed by atoms with van der Waals surface area (Å²) in [5.41, 5.74) is 2.35. The third-order valence-corrected chi connectivity index (χ3v) is 4.05. The van der Waals surface area contributed by atoms with Crippen molar-refractivity contribution in [2.75, 3.05) is 5.75 Å². The number of nitrogens with zero attached hydrogens (tertiary/aromatic N) is 4. The van der Waals surface area contributed by atoms with E-state index in [9.17, 15) is 0 Å². The largest absolute Gasteiger partial charge is 0.425 e. The first-order valence-corrected chi connectivity index (χ1v) is 8.03. The molecule has 2 aromatic rings. The molecule has 0 aliphatic carbocycles. The Bertz CT molecular complexity index is 660. The van der Waals surface area contributed by atoms with Crippen molar-refractivity contribution in [2.45, 2.75) is 31.3 Å². The summed E-state index contributed by atoms with van der Waals surface area (Å²) < 4.78 is 5.48. The number of thioether (sulfide) groups is 1. The maximum Gasteiger partial charge on any atom is 0.251 e. The van der Waals surface area contributed by atoms with Crippen molar-refractivity contribution in [2.24, 2.45) is 4.99 Å². The van der Waals surface area contributed by atoms with Gasteiger partial charge in [0.2, 0.25) is 5.16 Å². The van der Waals surface area contributed by atoms with E-state index in [0.717, 1.165) is 23.4 Å². The molecule has 0 radical (unpaired) electrons. The smallest absolute Gasteiger partial charge is 0.251 e. The molecule has 0 saturated carbocycles. The SMILES string of the molecule is CCCCCSc1nnc2c(n1)OC=Nc1ccccc1-2. The minimum absolute atomic E-state index is 0.469. The van der Waals surface area contributed by atoms with E-state index in [1.807, 2.05) is 24.3 Å². The first-order valence-electron chi connectivity index (χ1n) is 7.04. The Morgan fingerprint density at radius 2 is 2.05 bits per heavy atom. The van der Waals surface area contributed by atoms with Crippen LogP contribution in [-0.2, 0) is 0 Å². The zero-order valence-corrected chi connectivity index (χ0v) is 12.6. The van der Waals surface area contributed by atoms with Crippen molar-refractivity contribution < 1.29 is 4.74 Å². The Balaban J connectivity index is 1.84. The van der Waals surface area contributed by atoms with Crippen molar-refractivity contribution >= 4 is 23.8 Å². The predicted molar refractivity (Wildman–Crippen MR) is 84.3 cm³/mol. The van der Waals surface area contributed by atoms with Crippen LogP contribution in [0.1, 0.15) is 26.2 Å². The molecular weight excluding hydrogens is 284 g/mol. The normalized spacial score (nSPS) is 12.2. The molecule has 1 aromatic heterocycles. The van der Waals surface area contributed by atoms with Gasteiger partial charge in [0.1, 0.15) is 0 Å². The zero-order chi connectivity index (χ0) is 14.5. The molecule has 2 heterocycles. The average molecular weight is 300 g/mol. The van der Waals surface area contributed by atoms with E-state index >= 15 is 0 Å². The van der Waals surface area contributed by atoms with Crippen LogP contribution in [0.4, 0.5) is 5.69 Å². The van der Waals surface area contributed by atoms with Gasteiger partial charge in [-0.15, -0.1) is 10.2 Å². The van der Waals surface area contributed by atoms with Crippen LogP contribution in [0.15, 0.2) is 34.4 Å². The molecule has 6 heteroatoms. The van der Waals surface area contributed by atoms with Crippen LogP contribution in [0, 0.1) is 0 Å². The fourth-order valence-corrected chi connectivity index (χ4v) is 2.82. The Morgan fingerprint density at radius 1 is 1.14 bits per heavy atom. The van der Waals surface area contributed by atoms with Crippen molar-refractivity contribution in [3.8, 4) is 17.1 Å². The van der Waals surface area contributed by atoms with Crippen molar-refractivity contribution in [1.82, 2.24) is 15.2 Å². The highest BCUT2D eigenvalue weighted by atomic mass is 32.2. The van der Waals surface area contributed by atoms with Gasteiger partial charge in [0.25, 0.3) is 5.88 Å². The predicted octanol–water partition coefficient (Wildman–Crippen LogP) is 3.87. The zero-order valence-electron chi connectivity index (χ0n) is 11.8. The van der Waals surface area contributed by atoms with Gasteiger partial charge in [0.15, 0.2) is 12.1 Å². The van der Waals surface area contributed by atoms with Gasteiger partial charge in [-0.1, -0.05) is 49.7 Å². The Hall–Kier alpha value is -1.95. The minimum atomic E-state index is 0.469. The number of fused-ring (bicyclic) bond motifs is 3. The summed E-state index contributed by atoms with van der Waals surface area (Å²) in [6.45, 7) is 2.19. The second-order valence-corrected chi connectivity index (χ2v) is 5.74. The number of benzene rings is 1. The summed E-state index contributed by atoms with van der Waals surface area (Å²) in [4.78, 5) is 8.70. The lowest BCUT2D eigenvalue weighted by Crippen LogP contribution is -2.00. The quantitative estimate of drug-likeness (QED) is 0.619. The van der Waals surface area contributed by atoms with E-state index in [0.29, 0.717) is 16.7 Å². The van der Waals surface area contributed by atoms with Gasteiger partial charge in [0.05, 0.1) is 5.69 Å². The molecule has 1 aliphatic rings. The van der Waals surface area contributed by atoms with E-state index in [1.165, 1.54) is 19.2 Å². The van der Waals surface area contributed by atoms with Gasteiger partial charge >= 0.3 is 0 Å². The number of aromatic nitrogens is 3. The molecule has 0 saturated heterocycles. The van der Waals surface area contributed by atoms with Gasteiger partial charge < -0.3 is 4.74 Å². The van der Waals surface area contributed by atoms with Crippen molar-refractivity contribution in [3.63, 3.8) is 0 Å². The number of aliphatic imine (C=N–C) groups is 1. The fraction of sp³-hybridized carbons (Fsp3) is 0.333. The van der Waals surface area contributed by atoms with Gasteiger partial charge in [-0.3, -0.25) is 0 Å². The van der Waals surface area contributed by atoms with Crippen LogP contribution in [0.5, 0.6) is 5.88 Å². The summed E-state index contributed by atoms with van der Waals surface area (Å²) in [6, 6.07) is 7.74. The molecule has 1 aliphatic heterocycles. The molecule has 0 bridgehead atoms. The number of hydrogen-bond acceptors (Lipinski definition) is 6. The maximum absolute atomic E-state index is 5.48. The molecule has 0 amide bonds. The van der Waals surface area contributed by atoms with E-state index in [4.69, 9.17) is 4.74 Å². The third kappa shape index (κ3) is 3.21. The molecule has 0 unspecified atom stereocenters. The molecular formula is C15H16N4OS. The standard InChI is InChI=1S/C15H16N4OS/c1-2-3-6-9-21-15-17-14-13(18-19-15)11-7-4-5-8-12(11)16-10-20-14/h4-5,7-8,10H,2-3,6,9H2,1H3. The minimum Gasteiger partial charge on any atom is -0.425 e. The highest BCUT2D eigenvalue weighted by molar-refractivity contribution is 7.99. The topological polar surface area (TPSA) is 60.3 Å². The molecule has 3 rings (SSSR count). The Labute approximate surface area is 127 Å². The van der Waals surface area contributed by atoms with Crippen LogP contribution in [0.25, 0.3) is 11.3 Å². The Morgan fingerprint density at radius 3 is 2.95 bits per heavy atom. The Kier molecular flexibility index (Phi) is 4.45. The lowest BCUT2D eigenvalue weighted by molar-refractivity contribution is 0.533. The van der Waals surface area contributed by atoms with Gasteiger partial charge in [-0.05, 0) is 12.5 Å². The van der Waals surface area contributed by atoms with E-state index < -0.39 is 0 Å². The van der Waals surface area contributed by atoms with Gasteiger partial charge in [-0.2, -0.15) is 4.98 Å². The highest BCUT2D eigenvalue weighted by Gasteiger charge is 2.17. The molecule has 5 nitrogen and oxygen atoms in total. The fourth-order valence-electron chi connectivity index (χ4n) is 2.05. The van der Waals surface area contributed by atoms with E-state index in [2.05, 4.69) is 27.1 Å². The number of ether oxygens (including phenoxy) is 1. The molecule has 0 fully saturated rings. The number of para-hydroxylation sites is 1. The summed E-state index contributed by atoms with van der Waals surface area (Å²) in [5.74, 6) is 1.47. The molecule has 108 valence electrons. The third-order valence-electron chi connectivity index (χ3n) is 3.13. The van der Waals surface area contributed by atoms with Crippen LogP contribution in [-0.4, -0.2) is 27.3 Å². The second kappa shape index (κ2) is 6.67. The van der Waals surface area contributed by atoms with Crippen LogP contribution < -0.4 is 4.74 Å². The molecule has 0 N–H and O–H groups in total. The monoisotopic (exact) mass is 300 g/mol. The van der Waals surface area contributed by atoms with Crippen molar-refractivity contribution in [3.05, 3.63) is 24.3 Å². The molecule has 1 aromatic carbocycles. The average Bonchev–Trinajstić information content (AvgIpc) is 2.70. The van der Waals surface area contributed by atoms with Gasteiger partial charge in [-0.25, -0.2) is 4.99 Å². The molecule has 0 atom stereocenters.